The zero-order valence-electron chi connectivity index (χ0n) is 13.7. The second-order valence-electron chi connectivity index (χ2n) is 5.38. The SMILES string of the molecule is CNC(=O)C[C@H]1COc2ccc(C(=O)NCCOC)cc2N1C. The molecule has 1 aliphatic rings. The average Bonchev–Trinajstić information content (AvgIpc) is 2.57. The number of amides is 2. The van der Waals surface area contributed by atoms with Crippen LogP contribution in [0.5, 0.6) is 5.75 Å². The van der Waals surface area contributed by atoms with E-state index in [9.17, 15) is 9.59 Å². The molecule has 7 heteroatoms. The van der Waals surface area contributed by atoms with Gasteiger partial charge in [-0.25, -0.2) is 0 Å². The van der Waals surface area contributed by atoms with Crippen molar-refractivity contribution in [3.8, 4) is 5.75 Å². The Hall–Kier alpha value is -2.28. The fraction of sp³-hybridized carbons (Fsp3) is 0.500. The van der Waals surface area contributed by atoms with Crippen LogP contribution in [0.4, 0.5) is 5.69 Å². The molecule has 1 aromatic carbocycles. The molecular weight excluding hydrogens is 298 g/mol. The highest BCUT2D eigenvalue weighted by molar-refractivity contribution is 5.95. The summed E-state index contributed by atoms with van der Waals surface area (Å²) in [6.07, 6.45) is 0.344. The molecule has 2 rings (SSSR count). The van der Waals surface area contributed by atoms with Gasteiger partial charge in [-0.1, -0.05) is 0 Å². The number of ether oxygens (including phenoxy) is 2. The van der Waals surface area contributed by atoms with Crippen LogP contribution in [0.25, 0.3) is 0 Å². The summed E-state index contributed by atoms with van der Waals surface area (Å²) in [6, 6.07) is 5.24. The average molecular weight is 321 g/mol. The Morgan fingerprint density at radius 2 is 2.22 bits per heavy atom. The molecule has 1 aromatic rings. The molecule has 0 bridgehead atoms. The van der Waals surface area contributed by atoms with Crippen LogP contribution in [0.1, 0.15) is 16.8 Å². The maximum absolute atomic E-state index is 12.1. The largest absolute Gasteiger partial charge is 0.489 e. The lowest BCUT2D eigenvalue weighted by atomic mass is 10.1. The van der Waals surface area contributed by atoms with E-state index in [1.807, 2.05) is 11.9 Å². The van der Waals surface area contributed by atoms with Crippen molar-refractivity contribution in [1.29, 1.82) is 0 Å². The molecule has 0 spiro atoms. The lowest BCUT2D eigenvalue weighted by Gasteiger charge is -2.35. The van der Waals surface area contributed by atoms with Crippen LogP contribution in [0.3, 0.4) is 0 Å². The minimum absolute atomic E-state index is 0.0395. The van der Waals surface area contributed by atoms with Crippen molar-refractivity contribution in [2.45, 2.75) is 12.5 Å². The minimum Gasteiger partial charge on any atom is -0.489 e. The Morgan fingerprint density at radius 1 is 1.43 bits per heavy atom. The second kappa shape index (κ2) is 7.82. The molecule has 1 aliphatic heterocycles. The van der Waals surface area contributed by atoms with Crippen molar-refractivity contribution in [1.82, 2.24) is 10.6 Å². The fourth-order valence-corrected chi connectivity index (χ4v) is 2.43. The van der Waals surface area contributed by atoms with E-state index in [-0.39, 0.29) is 17.9 Å². The summed E-state index contributed by atoms with van der Waals surface area (Å²) in [5.74, 6) is 0.517. The quantitative estimate of drug-likeness (QED) is 0.741. The molecule has 0 saturated heterocycles. The Balaban J connectivity index is 2.12. The molecule has 126 valence electrons. The Bertz CT molecular complexity index is 576. The summed E-state index contributed by atoms with van der Waals surface area (Å²) >= 11 is 0. The zero-order valence-corrected chi connectivity index (χ0v) is 13.7. The highest BCUT2D eigenvalue weighted by Gasteiger charge is 2.27. The first-order valence-electron chi connectivity index (χ1n) is 7.54. The Morgan fingerprint density at radius 3 is 2.91 bits per heavy atom. The van der Waals surface area contributed by atoms with E-state index < -0.39 is 0 Å². The summed E-state index contributed by atoms with van der Waals surface area (Å²) in [5.41, 5.74) is 1.36. The van der Waals surface area contributed by atoms with Crippen LogP contribution in [-0.4, -0.2) is 58.8 Å². The molecule has 23 heavy (non-hydrogen) atoms. The number of methoxy groups -OCH3 is 1. The number of carbonyl (C=O) groups is 2. The first kappa shape index (κ1) is 17.1. The normalized spacial score (nSPS) is 16.3. The number of nitrogens with one attached hydrogen (secondary N) is 2. The van der Waals surface area contributed by atoms with Gasteiger partial charge in [0.1, 0.15) is 12.4 Å². The molecule has 1 heterocycles. The maximum Gasteiger partial charge on any atom is 0.251 e. The molecule has 0 radical (unpaired) electrons. The second-order valence-corrected chi connectivity index (χ2v) is 5.38. The van der Waals surface area contributed by atoms with E-state index in [1.165, 1.54) is 0 Å². The van der Waals surface area contributed by atoms with Gasteiger partial charge < -0.3 is 25.0 Å². The molecule has 2 N–H and O–H groups in total. The summed E-state index contributed by atoms with van der Waals surface area (Å²) in [7, 11) is 5.11. The third-order valence-corrected chi connectivity index (χ3v) is 3.87. The minimum atomic E-state index is -0.160. The van der Waals surface area contributed by atoms with Crippen LogP contribution in [0.15, 0.2) is 18.2 Å². The van der Waals surface area contributed by atoms with Crippen LogP contribution < -0.4 is 20.3 Å². The van der Waals surface area contributed by atoms with Crippen molar-refractivity contribution >= 4 is 17.5 Å². The summed E-state index contributed by atoms with van der Waals surface area (Å²) in [6.45, 7) is 1.36. The number of hydrogen-bond donors (Lipinski definition) is 2. The van der Waals surface area contributed by atoms with Gasteiger partial charge in [0.2, 0.25) is 5.91 Å². The molecular formula is C16H23N3O4. The van der Waals surface area contributed by atoms with Gasteiger partial charge in [-0.05, 0) is 18.2 Å². The highest BCUT2D eigenvalue weighted by Crippen LogP contribution is 2.34. The van der Waals surface area contributed by atoms with Gasteiger partial charge in [0.15, 0.2) is 0 Å². The fourth-order valence-electron chi connectivity index (χ4n) is 2.43. The predicted octanol–water partition coefficient (Wildman–Crippen LogP) is 0.396. The number of likely N-dealkylation sites (N-methyl/N-ethyl adjacent to an activating group) is 1. The van der Waals surface area contributed by atoms with Gasteiger partial charge in [0.05, 0.1) is 24.8 Å². The van der Waals surface area contributed by atoms with Crippen molar-refractivity contribution in [2.75, 3.05) is 45.9 Å². The first-order valence-corrected chi connectivity index (χ1v) is 7.54. The number of fused-ring (bicyclic) bond motifs is 1. The van der Waals surface area contributed by atoms with E-state index in [4.69, 9.17) is 9.47 Å². The monoisotopic (exact) mass is 321 g/mol. The predicted molar refractivity (Wildman–Crippen MR) is 87.0 cm³/mol. The van der Waals surface area contributed by atoms with E-state index in [0.29, 0.717) is 37.5 Å². The van der Waals surface area contributed by atoms with Gasteiger partial charge >= 0.3 is 0 Å². The molecule has 0 aliphatic carbocycles. The molecule has 0 saturated carbocycles. The number of anilines is 1. The van der Waals surface area contributed by atoms with Crippen molar-refractivity contribution in [2.24, 2.45) is 0 Å². The number of hydrogen-bond acceptors (Lipinski definition) is 5. The molecule has 0 unspecified atom stereocenters. The van der Waals surface area contributed by atoms with Crippen LogP contribution in [0, 0.1) is 0 Å². The third-order valence-electron chi connectivity index (χ3n) is 3.87. The van der Waals surface area contributed by atoms with Gasteiger partial charge in [-0.15, -0.1) is 0 Å². The van der Waals surface area contributed by atoms with Crippen LogP contribution in [0.2, 0.25) is 0 Å². The van der Waals surface area contributed by atoms with E-state index in [0.717, 1.165) is 5.69 Å². The molecule has 1 atom stereocenters. The lowest BCUT2D eigenvalue weighted by Crippen LogP contribution is -2.43. The standard InChI is InChI=1S/C16H23N3O4/c1-17-15(20)9-12-10-23-14-5-4-11(8-13(14)19(12)2)16(21)18-6-7-22-3/h4-5,8,12H,6-7,9-10H2,1-3H3,(H,17,20)(H,18,21)/t12-/m0/s1. The van der Waals surface area contributed by atoms with Gasteiger partial charge in [0, 0.05) is 33.3 Å². The Labute approximate surface area is 135 Å². The smallest absolute Gasteiger partial charge is 0.251 e. The molecule has 0 fully saturated rings. The van der Waals surface area contributed by atoms with Crippen molar-refractivity contribution in [3.63, 3.8) is 0 Å². The zero-order chi connectivity index (χ0) is 16.8. The molecule has 0 aromatic heterocycles. The first-order chi connectivity index (χ1) is 11.1. The topological polar surface area (TPSA) is 79.9 Å². The number of benzene rings is 1. The van der Waals surface area contributed by atoms with E-state index in [2.05, 4.69) is 10.6 Å². The van der Waals surface area contributed by atoms with Gasteiger partial charge in [-0.3, -0.25) is 9.59 Å². The maximum atomic E-state index is 12.1. The van der Waals surface area contributed by atoms with Crippen molar-refractivity contribution < 1.29 is 19.1 Å². The van der Waals surface area contributed by atoms with Crippen molar-refractivity contribution in [3.05, 3.63) is 23.8 Å². The Kier molecular flexibility index (Phi) is 5.81. The molecule has 7 nitrogen and oxygen atoms in total. The summed E-state index contributed by atoms with van der Waals surface area (Å²) < 4.78 is 10.6. The van der Waals surface area contributed by atoms with Crippen LogP contribution >= 0.6 is 0 Å². The van der Waals surface area contributed by atoms with Gasteiger partial charge in [-0.2, -0.15) is 0 Å². The van der Waals surface area contributed by atoms with E-state index in [1.54, 1.807) is 32.4 Å². The summed E-state index contributed by atoms with van der Waals surface area (Å²) in [5, 5.41) is 5.40. The number of rotatable bonds is 6. The van der Waals surface area contributed by atoms with E-state index >= 15 is 0 Å². The molecule has 2 amide bonds. The summed E-state index contributed by atoms with van der Waals surface area (Å²) in [4.78, 5) is 25.7. The number of nitrogens with zero attached hydrogens (tertiary/aromatic N) is 1. The number of carbonyl (C=O) groups excluding carboxylic acids is 2. The lowest BCUT2D eigenvalue weighted by molar-refractivity contribution is -0.121. The van der Waals surface area contributed by atoms with Crippen LogP contribution in [-0.2, 0) is 9.53 Å². The third kappa shape index (κ3) is 4.13. The van der Waals surface area contributed by atoms with Gasteiger partial charge in [0.25, 0.3) is 5.91 Å². The highest BCUT2D eigenvalue weighted by atomic mass is 16.5.